The fourth-order valence-corrected chi connectivity index (χ4v) is 0.712. The highest BCUT2D eigenvalue weighted by Gasteiger charge is 1.92. The van der Waals surface area contributed by atoms with Crippen LogP contribution in [-0.4, -0.2) is 11.3 Å². The van der Waals surface area contributed by atoms with Gasteiger partial charge >= 0.3 is 0 Å². The highest BCUT2D eigenvalue weighted by molar-refractivity contribution is 5.63. The third-order valence-corrected chi connectivity index (χ3v) is 1.15. The van der Waals surface area contributed by atoms with E-state index in [9.17, 15) is 0 Å². The van der Waals surface area contributed by atoms with Crippen molar-refractivity contribution in [1.82, 2.24) is 0 Å². The SMILES string of the molecule is CC.CC=Nc1ccccc1O. The van der Waals surface area contributed by atoms with Crippen LogP contribution in [0.5, 0.6) is 5.75 Å². The number of rotatable bonds is 1. The molecule has 0 amide bonds. The van der Waals surface area contributed by atoms with Crippen molar-refractivity contribution in [3.05, 3.63) is 24.3 Å². The van der Waals surface area contributed by atoms with E-state index in [-0.39, 0.29) is 5.75 Å². The Morgan fingerprint density at radius 3 is 2.33 bits per heavy atom. The third kappa shape index (κ3) is 3.19. The average molecular weight is 165 g/mol. The molecule has 2 nitrogen and oxygen atoms in total. The summed E-state index contributed by atoms with van der Waals surface area (Å²) in [7, 11) is 0. The molecule has 2 heteroatoms. The third-order valence-electron chi connectivity index (χ3n) is 1.15. The fraction of sp³-hybridized carbons (Fsp3) is 0.300. The smallest absolute Gasteiger partial charge is 0.141 e. The van der Waals surface area contributed by atoms with Gasteiger partial charge in [0.1, 0.15) is 11.4 Å². The summed E-state index contributed by atoms with van der Waals surface area (Å²) in [5.74, 6) is 0.223. The van der Waals surface area contributed by atoms with Crippen molar-refractivity contribution in [1.29, 1.82) is 0 Å². The maximum Gasteiger partial charge on any atom is 0.141 e. The second kappa shape index (κ2) is 6.40. The Kier molecular flexibility index (Phi) is 5.70. The lowest BCUT2D eigenvalue weighted by Gasteiger charge is -1.94. The van der Waals surface area contributed by atoms with Gasteiger partial charge in [0.25, 0.3) is 0 Å². The molecule has 0 aliphatic carbocycles. The molecule has 0 heterocycles. The Balaban J connectivity index is 0.000000561. The summed E-state index contributed by atoms with van der Waals surface area (Å²) in [6, 6.07) is 6.98. The monoisotopic (exact) mass is 165 g/mol. The normalized spacial score (nSPS) is 9.25. The molecule has 0 spiro atoms. The number of para-hydroxylation sites is 2. The highest BCUT2D eigenvalue weighted by atomic mass is 16.3. The molecular formula is C10H15NO. The van der Waals surface area contributed by atoms with Crippen molar-refractivity contribution < 1.29 is 5.11 Å². The molecule has 1 rings (SSSR count). The Hall–Kier alpha value is -1.31. The minimum absolute atomic E-state index is 0.223. The van der Waals surface area contributed by atoms with Crippen molar-refractivity contribution in [3.63, 3.8) is 0 Å². The largest absolute Gasteiger partial charge is 0.506 e. The van der Waals surface area contributed by atoms with Crippen molar-refractivity contribution in [2.24, 2.45) is 4.99 Å². The topological polar surface area (TPSA) is 32.6 Å². The van der Waals surface area contributed by atoms with Crippen LogP contribution in [0.3, 0.4) is 0 Å². The molecule has 0 unspecified atom stereocenters. The van der Waals surface area contributed by atoms with Crippen LogP contribution in [0.4, 0.5) is 5.69 Å². The summed E-state index contributed by atoms with van der Waals surface area (Å²) in [5, 5.41) is 9.13. The summed E-state index contributed by atoms with van der Waals surface area (Å²) < 4.78 is 0. The second-order valence-electron chi connectivity index (χ2n) is 1.88. The van der Waals surface area contributed by atoms with Crippen molar-refractivity contribution in [3.8, 4) is 5.75 Å². The number of phenolic OH excluding ortho intramolecular Hbond substituents is 1. The summed E-state index contributed by atoms with van der Waals surface area (Å²) in [5.41, 5.74) is 0.616. The maximum absolute atomic E-state index is 9.13. The molecule has 1 aromatic carbocycles. The first kappa shape index (κ1) is 10.7. The number of hydrogen-bond donors (Lipinski definition) is 1. The molecule has 0 aliphatic heterocycles. The predicted octanol–water partition coefficient (Wildman–Crippen LogP) is 3.14. The minimum Gasteiger partial charge on any atom is -0.506 e. The van der Waals surface area contributed by atoms with E-state index in [0.717, 1.165) is 0 Å². The van der Waals surface area contributed by atoms with E-state index in [2.05, 4.69) is 4.99 Å². The Morgan fingerprint density at radius 2 is 1.83 bits per heavy atom. The van der Waals surface area contributed by atoms with Gasteiger partial charge in [-0.2, -0.15) is 0 Å². The molecule has 66 valence electrons. The molecule has 0 saturated heterocycles. The Labute approximate surface area is 73.6 Å². The van der Waals surface area contributed by atoms with E-state index in [1.165, 1.54) is 0 Å². The van der Waals surface area contributed by atoms with Gasteiger partial charge in [-0.05, 0) is 19.1 Å². The first-order valence-corrected chi connectivity index (χ1v) is 4.11. The van der Waals surface area contributed by atoms with Crippen LogP contribution in [0, 0.1) is 0 Å². The standard InChI is InChI=1S/C8H9NO.C2H6/c1-2-9-7-5-3-4-6-8(7)10;1-2/h2-6,10H,1H3;1-2H3. The molecule has 12 heavy (non-hydrogen) atoms. The molecule has 0 aromatic heterocycles. The zero-order valence-electron chi connectivity index (χ0n) is 7.78. The van der Waals surface area contributed by atoms with Gasteiger partial charge in [0.05, 0.1) is 0 Å². The highest BCUT2D eigenvalue weighted by Crippen LogP contribution is 2.23. The average Bonchev–Trinajstić information content (AvgIpc) is 2.13. The number of aromatic hydroxyl groups is 1. The van der Waals surface area contributed by atoms with Crippen LogP contribution >= 0.6 is 0 Å². The second-order valence-corrected chi connectivity index (χ2v) is 1.88. The number of phenols is 1. The number of hydrogen-bond acceptors (Lipinski definition) is 2. The number of aliphatic imine (C=N–C) groups is 1. The molecule has 0 atom stereocenters. The molecule has 0 aliphatic rings. The number of benzene rings is 1. The van der Waals surface area contributed by atoms with Crippen LogP contribution < -0.4 is 0 Å². The van der Waals surface area contributed by atoms with E-state index in [1.54, 1.807) is 24.4 Å². The van der Waals surface area contributed by atoms with Gasteiger partial charge in [0.2, 0.25) is 0 Å². The Bertz CT molecular complexity index is 243. The van der Waals surface area contributed by atoms with Crippen LogP contribution in [-0.2, 0) is 0 Å². The van der Waals surface area contributed by atoms with Crippen LogP contribution in [0.1, 0.15) is 20.8 Å². The van der Waals surface area contributed by atoms with Gasteiger partial charge in [-0.3, -0.25) is 4.99 Å². The zero-order chi connectivity index (χ0) is 9.40. The van der Waals surface area contributed by atoms with Gasteiger partial charge in [0, 0.05) is 6.21 Å². The summed E-state index contributed by atoms with van der Waals surface area (Å²) in [6.45, 7) is 5.81. The Morgan fingerprint density at radius 1 is 1.25 bits per heavy atom. The zero-order valence-corrected chi connectivity index (χ0v) is 7.78. The lowest BCUT2D eigenvalue weighted by molar-refractivity contribution is 0.477. The molecule has 0 bridgehead atoms. The summed E-state index contributed by atoms with van der Waals surface area (Å²) in [6.07, 6.45) is 1.65. The molecule has 0 fully saturated rings. The first-order chi connectivity index (χ1) is 5.84. The van der Waals surface area contributed by atoms with E-state index in [4.69, 9.17) is 5.11 Å². The van der Waals surface area contributed by atoms with E-state index < -0.39 is 0 Å². The van der Waals surface area contributed by atoms with Crippen LogP contribution in [0.25, 0.3) is 0 Å². The van der Waals surface area contributed by atoms with Gasteiger partial charge in [-0.1, -0.05) is 26.0 Å². The van der Waals surface area contributed by atoms with Crippen molar-refractivity contribution in [2.45, 2.75) is 20.8 Å². The van der Waals surface area contributed by atoms with Gasteiger partial charge in [-0.25, -0.2) is 0 Å². The summed E-state index contributed by atoms with van der Waals surface area (Å²) >= 11 is 0. The van der Waals surface area contributed by atoms with E-state index >= 15 is 0 Å². The molecule has 0 saturated carbocycles. The van der Waals surface area contributed by atoms with E-state index in [0.29, 0.717) is 5.69 Å². The van der Waals surface area contributed by atoms with Crippen molar-refractivity contribution >= 4 is 11.9 Å². The van der Waals surface area contributed by atoms with Gasteiger partial charge < -0.3 is 5.11 Å². The lowest BCUT2D eigenvalue weighted by Crippen LogP contribution is -1.66. The molecule has 0 radical (unpaired) electrons. The molecule has 1 aromatic rings. The minimum atomic E-state index is 0.223. The van der Waals surface area contributed by atoms with Gasteiger partial charge in [-0.15, -0.1) is 0 Å². The maximum atomic E-state index is 9.13. The van der Waals surface area contributed by atoms with Crippen LogP contribution in [0.15, 0.2) is 29.3 Å². The summed E-state index contributed by atoms with van der Waals surface area (Å²) in [4.78, 5) is 3.93. The van der Waals surface area contributed by atoms with Crippen molar-refractivity contribution in [2.75, 3.05) is 0 Å². The molecular weight excluding hydrogens is 150 g/mol. The van der Waals surface area contributed by atoms with Gasteiger partial charge in [0.15, 0.2) is 0 Å². The fourth-order valence-electron chi connectivity index (χ4n) is 0.712. The quantitative estimate of drug-likeness (QED) is 0.637. The van der Waals surface area contributed by atoms with E-state index in [1.807, 2.05) is 26.8 Å². The lowest BCUT2D eigenvalue weighted by atomic mass is 10.3. The molecule has 1 N–H and O–H groups in total. The first-order valence-electron chi connectivity index (χ1n) is 4.11. The van der Waals surface area contributed by atoms with Crippen LogP contribution in [0.2, 0.25) is 0 Å². The number of nitrogens with zero attached hydrogens (tertiary/aromatic N) is 1. The predicted molar refractivity (Wildman–Crippen MR) is 53.3 cm³/mol.